The summed E-state index contributed by atoms with van der Waals surface area (Å²) in [5.41, 5.74) is 6.29. The van der Waals surface area contributed by atoms with E-state index in [0.717, 1.165) is 39.7 Å². The van der Waals surface area contributed by atoms with Crippen molar-refractivity contribution in [3.63, 3.8) is 0 Å². The first-order valence-corrected chi connectivity index (χ1v) is 8.69. The monoisotopic (exact) mass is 352 g/mol. The molecule has 0 fully saturated rings. The molecule has 3 aromatic heterocycles. The summed E-state index contributed by atoms with van der Waals surface area (Å²) in [5.74, 6) is 0. The molecule has 130 valence electrons. The first kappa shape index (κ1) is 15.5. The van der Waals surface area contributed by atoms with Gasteiger partial charge in [0.1, 0.15) is 5.69 Å². The summed E-state index contributed by atoms with van der Waals surface area (Å²) in [6, 6.07) is 24.0. The quantitative estimate of drug-likeness (QED) is 0.493. The number of fused-ring (bicyclic) bond motifs is 1. The van der Waals surface area contributed by atoms with Gasteiger partial charge in [-0.1, -0.05) is 53.7 Å². The molecule has 0 aliphatic heterocycles. The summed E-state index contributed by atoms with van der Waals surface area (Å²) in [7, 11) is 0. The second-order valence-corrected chi connectivity index (χ2v) is 6.27. The van der Waals surface area contributed by atoms with Crippen LogP contribution in [0.5, 0.6) is 0 Å². The van der Waals surface area contributed by atoms with Crippen molar-refractivity contribution in [2.24, 2.45) is 0 Å². The van der Waals surface area contributed by atoms with Gasteiger partial charge in [-0.3, -0.25) is 0 Å². The molecular formula is C21H16N6. The van der Waals surface area contributed by atoms with Crippen LogP contribution in [0.4, 0.5) is 0 Å². The van der Waals surface area contributed by atoms with Crippen LogP contribution in [0.1, 0.15) is 5.69 Å². The second kappa shape index (κ2) is 6.17. The molecule has 6 nitrogen and oxygen atoms in total. The Balaban J connectivity index is 1.66. The van der Waals surface area contributed by atoms with Gasteiger partial charge in [-0.2, -0.15) is 5.10 Å². The zero-order valence-corrected chi connectivity index (χ0v) is 14.7. The Bertz CT molecular complexity index is 1220. The highest BCUT2D eigenvalue weighted by atomic mass is 15.4. The largest absolute Gasteiger partial charge is 0.237 e. The van der Waals surface area contributed by atoms with Gasteiger partial charge in [0.2, 0.25) is 0 Å². The third-order valence-electron chi connectivity index (χ3n) is 4.57. The average Bonchev–Trinajstić information content (AvgIpc) is 3.33. The lowest BCUT2D eigenvalue weighted by molar-refractivity contribution is 0.785. The minimum atomic E-state index is 0.778. The predicted octanol–water partition coefficient (Wildman–Crippen LogP) is 3.95. The number of hydrogen-bond acceptors (Lipinski definition) is 4. The van der Waals surface area contributed by atoms with Gasteiger partial charge in [0.25, 0.3) is 0 Å². The molecule has 5 rings (SSSR count). The van der Waals surface area contributed by atoms with Gasteiger partial charge in [-0.25, -0.2) is 14.2 Å². The van der Waals surface area contributed by atoms with Crippen molar-refractivity contribution in [3.8, 4) is 28.3 Å². The summed E-state index contributed by atoms with van der Waals surface area (Å²) in [6.45, 7) is 2.01. The van der Waals surface area contributed by atoms with Crippen molar-refractivity contribution in [2.75, 3.05) is 0 Å². The number of rotatable bonds is 3. The molecule has 3 heterocycles. The molecule has 0 N–H and O–H groups in total. The van der Waals surface area contributed by atoms with E-state index in [0.29, 0.717) is 0 Å². The number of benzene rings is 2. The van der Waals surface area contributed by atoms with E-state index in [2.05, 4.69) is 15.3 Å². The molecule has 5 aromatic rings. The highest BCUT2D eigenvalue weighted by molar-refractivity contribution is 5.67. The minimum absolute atomic E-state index is 0.778. The van der Waals surface area contributed by atoms with E-state index in [4.69, 9.17) is 5.10 Å². The Morgan fingerprint density at radius 3 is 2.37 bits per heavy atom. The fourth-order valence-corrected chi connectivity index (χ4v) is 3.20. The second-order valence-electron chi connectivity index (χ2n) is 6.27. The van der Waals surface area contributed by atoms with E-state index >= 15 is 0 Å². The van der Waals surface area contributed by atoms with Crippen LogP contribution in [-0.4, -0.2) is 29.6 Å². The molecule has 0 saturated carbocycles. The molecule has 0 aliphatic rings. The third-order valence-corrected chi connectivity index (χ3v) is 4.57. The molecule has 6 heteroatoms. The van der Waals surface area contributed by atoms with E-state index in [1.165, 1.54) is 0 Å². The van der Waals surface area contributed by atoms with Crippen LogP contribution in [0, 0.1) is 6.92 Å². The lowest BCUT2D eigenvalue weighted by Crippen LogP contribution is -2.00. The standard InChI is InChI=1S/C21H16N6/c1-15-21(23-25-26(15)17-10-6-3-7-11-17)19-12-13-22-20-14-18(24-27(19)20)16-8-4-2-5-9-16/h2-14H,1H3. The number of hydrogen-bond donors (Lipinski definition) is 0. The molecule has 27 heavy (non-hydrogen) atoms. The van der Waals surface area contributed by atoms with Crippen LogP contribution in [0.2, 0.25) is 0 Å². The summed E-state index contributed by atoms with van der Waals surface area (Å²) < 4.78 is 3.66. The molecule has 0 spiro atoms. The summed E-state index contributed by atoms with van der Waals surface area (Å²) in [4.78, 5) is 4.45. The van der Waals surface area contributed by atoms with Gasteiger partial charge in [0.15, 0.2) is 5.65 Å². The van der Waals surface area contributed by atoms with Crippen LogP contribution in [0.15, 0.2) is 79.0 Å². The zero-order chi connectivity index (χ0) is 18.2. The molecule has 0 radical (unpaired) electrons. The van der Waals surface area contributed by atoms with Crippen LogP contribution >= 0.6 is 0 Å². The molecule has 0 unspecified atom stereocenters. The van der Waals surface area contributed by atoms with Crippen molar-refractivity contribution in [2.45, 2.75) is 6.92 Å². The summed E-state index contributed by atoms with van der Waals surface area (Å²) >= 11 is 0. The molecule has 0 amide bonds. The topological polar surface area (TPSA) is 60.9 Å². The Kier molecular flexibility index (Phi) is 3.53. The summed E-state index contributed by atoms with van der Waals surface area (Å²) in [6.07, 6.45) is 1.78. The Hall–Kier alpha value is -3.80. The maximum atomic E-state index is 4.76. The maximum Gasteiger partial charge on any atom is 0.156 e. The van der Waals surface area contributed by atoms with Crippen molar-refractivity contribution in [1.29, 1.82) is 0 Å². The Morgan fingerprint density at radius 2 is 1.59 bits per heavy atom. The van der Waals surface area contributed by atoms with E-state index in [1.54, 1.807) is 6.20 Å². The SMILES string of the molecule is Cc1c(-c2ccnc3cc(-c4ccccc4)nn23)nnn1-c1ccccc1. The minimum Gasteiger partial charge on any atom is -0.237 e. The van der Waals surface area contributed by atoms with Gasteiger partial charge in [0.05, 0.1) is 22.8 Å². The lowest BCUT2D eigenvalue weighted by Gasteiger charge is -2.04. The Morgan fingerprint density at radius 1 is 0.852 bits per heavy atom. The first-order chi connectivity index (χ1) is 13.3. The first-order valence-electron chi connectivity index (χ1n) is 8.69. The van der Waals surface area contributed by atoms with Crippen molar-refractivity contribution < 1.29 is 0 Å². The molecular weight excluding hydrogens is 336 g/mol. The molecule has 0 atom stereocenters. The van der Waals surface area contributed by atoms with Crippen molar-refractivity contribution in [3.05, 3.63) is 84.7 Å². The number of aromatic nitrogens is 6. The predicted molar refractivity (Wildman–Crippen MR) is 104 cm³/mol. The number of nitrogens with zero attached hydrogens (tertiary/aromatic N) is 6. The Labute approximate surface area is 155 Å². The van der Waals surface area contributed by atoms with Crippen LogP contribution in [0.3, 0.4) is 0 Å². The van der Waals surface area contributed by atoms with Crippen LogP contribution in [0.25, 0.3) is 34.0 Å². The average molecular weight is 352 g/mol. The smallest absolute Gasteiger partial charge is 0.156 e. The maximum absolute atomic E-state index is 4.76. The zero-order valence-electron chi connectivity index (χ0n) is 14.7. The molecule has 2 aromatic carbocycles. The van der Waals surface area contributed by atoms with Crippen LogP contribution in [-0.2, 0) is 0 Å². The van der Waals surface area contributed by atoms with Gasteiger partial charge < -0.3 is 0 Å². The normalized spacial score (nSPS) is 11.1. The van der Waals surface area contributed by atoms with Crippen LogP contribution < -0.4 is 0 Å². The van der Waals surface area contributed by atoms with E-state index in [-0.39, 0.29) is 0 Å². The van der Waals surface area contributed by atoms with Crippen molar-refractivity contribution in [1.82, 2.24) is 29.6 Å². The highest BCUT2D eigenvalue weighted by Crippen LogP contribution is 2.25. The van der Waals surface area contributed by atoms with Gasteiger partial charge in [-0.15, -0.1) is 5.10 Å². The third kappa shape index (κ3) is 2.58. The fraction of sp³-hybridized carbons (Fsp3) is 0.0476. The lowest BCUT2D eigenvalue weighted by atomic mass is 10.2. The number of para-hydroxylation sites is 1. The summed E-state index contributed by atoms with van der Waals surface area (Å²) in [5, 5.41) is 13.5. The molecule has 0 bridgehead atoms. The van der Waals surface area contributed by atoms with Gasteiger partial charge >= 0.3 is 0 Å². The molecule has 0 aliphatic carbocycles. The van der Waals surface area contributed by atoms with E-state index in [9.17, 15) is 0 Å². The van der Waals surface area contributed by atoms with E-state index in [1.807, 2.05) is 88.9 Å². The van der Waals surface area contributed by atoms with E-state index < -0.39 is 0 Å². The molecule has 0 saturated heterocycles. The fourth-order valence-electron chi connectivity index (χ4n) is 3.20. The van der Waals surface area contributed by atoms with Gasteiger partial charge in [-0.05, 0) is 25.1 Å². The van der Waals surface area contributed by atoms with Crippen molar-refractivity contribution >= 4 is 5.65 Å². The van der Waals surface area contributed by atoms with Gasteiger partial charge in [0, 0.05) is 17.8 Å². The highest BCUT2D eigenvalue weighted by Gasteiger charge is 2.16.